The zero-order chi connectivity index (χ0) is 16.1. The van der Waals surface area contributed by atoms with Gasteiger partial charge in [0.25, 0.3) is 0 Å². The molecule has 5 heteroatoms. The zero-order valence-electron chi connectivity index (χ0n) is 14.5. The van der Waals surface area contributed by atoms with E-state index < -0.39 is 0 Å². The van der Waals surface area contributed by atoms with Gasteiger partial charge in [-0.05, 0) is 31.6 Å². The van der Waals surface area contributed by atoms with Crippen molar-refractivity contribution in [2.45, 2.75) is 46.5 Å². The van der Waals surface area contributed by atoms with Gasteiger partial charge >= 0.3 is 0 Å². The minimum atomic E-state index is -0.150. The Hall–Kier alpha value is -0.810. The maximum Gasteiger partial charge on any atom is 0.193 e. The fourth-order valence-electron chi connectivity index (χ4n) is 3.60. The van der Waals surface area contributed by atoms with E-state index in [1.54, 1.807) is 0 Å². The fourth-order valence-corrected chi connectivity index (χ4v) is 3.60. The first-order valence-electron chi connectivity index (χ1n) is 8.78. The van der Waals surface area contributed by atoms with Crippen molar-refractivity contribution in [3.63, 3.8) is 0 Å². The Kier molecular flexibility index (Phi) is 6.09. The standard InChI is InChI=1S/C17H33N3O2/c1-4-7-16(3)8-6-9-20(11-16)15(18-5-2)19-10-17(12-21)13-22-14-17/h21H,4-14H2,1-3H3,(H,18,19). The molecule has 22 heavy (non-hydrogen) atoms. The highest BCUT2D eigenvalue weighted by Crippen LogP contribution is 2.34. The summed E-state index contributed by atoms with van der Waals surface area (Å²) < 4.78 is 5.27. The summed E-state index contributed by atoms with van der Waals surface area (Å²) in [6.45, 7) is 11.9. The third-order valence-electron chi connectivity index (χ3n) is 4.99. The summed E-state index contributed by atoms with van der Waals surface area (Å²) in [6, 6.07) is 0. The summed E-state index contributed by atoms with van der Waals surface area (Å²) in [6.07, 6.45) is 5.06. The monoisotopic (exact) mass is 311 g/mol. The van der Waals surface area contributed by atoms with Crippen LogP contribution in [0.4, 0.5) is 0 Å². The van der Waals surface area contributed by atoms with Gasteiger partial charge in [0.05, 0.1) is 31.8 Å². The maximum absolute atomic E-state index is 9.56. The third-order valence-corrected chi connectivity index (χ3v) is 4.99. The molecule has 0 amide bonds. The van der Waals surface area contributed by atoms with Crippen molar-refractivity contribution in [2.24, 2.45) is 15.8 Å². The molecular formula is C17H33N3O2. The predicted molar refractivity (Wildman–Crippen MR) is 90.1 cm³/mol. The van der Waals surface area contributed by atoms with E-state index in [-0.39, 0.29) is 12.0 Å². The van der Waals surface area contributed by atoms with Crippen molar-refractivity contribution < 1.29 is 9.84 Å². The number of likely N-dealkylation sites (tertiary alicyclic amines) is 1. The van der Waals surface area contributed by atoms with E-state index >= 15 is 0 Å². The Balaban J connectivity index is 2.03. The van der Waals surface area contributed by atoms with Crippen LogP contribution in [-0.2, 0) is 4.74 Å². The molecule has 2 aliphatic rings. The number of rotatable bonds is 6. The Labute approximate surface area is 135 Å². The average molecular weight is 311 g/mol. The molecule has 128 valence electrons. The summed E-state index contributed by atoms with van der Waals surface area (Å²) in [5.74, 6) is 1.00. The molecule has 1 atom stereocenters. The minimum absolute atomic E-state index is 0.150. The summed E-state index contributed by atoms with van der Waals surface area (Å²) in [5.41, 5.74) is 0.251. The molecule has 0 bridgehead atoms. The lowest BCUT2D eigenvalue weighted by Gasteiger charge is -2.43. The van der Waals surface area contributed by atoms with Gasteiger partial charge in [0.2, 0.25) is 0 Å². The number of piperidine rings is 1. The molecule has 0 aromatic heterocycles. The summed E-state index contributed by atoms with van der Waals surface area (Å²) in [7, 11) is 0. The molecule has 0 saturated carbocycles. The van der Waals surface area contributed by atoms with Crippen LogP contribution in [0, 0.1) is 10.8 Å². The highest BCUT2D eigenvalue weighted by Gasteiger charge is 2.38. The zero-order valence-corrected chi connectivity index (χ0v) is 14.5. The van der Waals surface area contributed by atoms with Crippen LogP contribution in [0.25, 0.3) is 0 Å². The number of guanidine groups is 1. The number of aliphatic imine (C=N–C) groups is 1. The molecule has 2 aliphatic heterocycles. The lowest BCUT2D eigenvalue weighted by molar-refractivity contribution is -0.130. The molecule has 2 fully saturated rings. The number of nitrogens with one attached hydrogen (secondary N) is 1. The van der Waals surface area contributed by atoms with Crippen LogP contribution in [0.5, 0.6) is 0 Å². The first-order chi connectivity index (χ1) is 10.6. The van der Waals surface area contributed by atoms with E-state index in [2.05, 4.69) is 31.0 Å². The van der Waals surface area contributed by atoms with Gasteiger partial charge in [-0.15, -0.1) is 0 Å². The second-order valence-electron chi connectivity index (χ2n) is 7.41. The summed E-state index contributed by atoms with van der Waals surface area (Å²) in [4.78, 5) is 7.23. The van der Waals surface area contributed by atoms with E-state index in [4.69, 9.17) is 9.73 Å². The maximum atomic E-state index is 9.56. The van der Waals surface area contributed by atoms with Crippen molar-refractivity contribution in [1.29, 1.82) is 0 Å². The summed E-state index contributed by atoms with van der Waals surface area (Å²) >= 11 is 0. The minimum Gasteiger partial charge on any atom is -0.396 e. The molecule has 2 N–H and O–H groups in total. The topological polar surface area (TPSA) is 57.1 Å². The Morgan fingerprint density at radius 1 is 1.36 bits per heavy atom. The second-order valence-corrected chi connectivity index (χ2v) is 7.41. The van der Waals surface area contributed by atoms with Crippen molar-refractivity contribution in [3.8, 4) is 0 Å². The van der Waals surface area contributed by atoms with Crippen LogP contribution >= 0.6 is 0 Å². The van der Waals surface area contributed by atoms with Gasteiger partial charge < -0.3 is 20.1 Å². The van der Waals surface area contributed by atoms with Crippen molar-refractivity contribution >= 4 is 5.96 Å². The molecule has 1 unspecified atom stereocenters. The smallest absolute Gasteiger partial charge is 0.193 e. The molecule has 0 aromatic carbocycles. The Morgan fingerprint density at radius 2 is 2.14 bits per heavy atom. The Morgan fingerprint density at radius 3 is 2.68 bits per heavy atom. The lowest BCUT2D eigenvalue weighted by Crippen LogP contribution is -2.52. The number of hydrogen-bond donors (Lipinski definition) is 2. The average Bonchev–Trinajstić information content (AvgIpc) is 2.45. The first-order valence-corrected chi connectivity index (χ1v) is 8.78. The van der Waals surface area contributed by atoms with Gasteiger partial charge in [-0.25, -0.2) is 0 Å². The van der Waals surface area contributed by atoms with Gasteiger partial charge in [-0.2, -0.15) is 0 Å². The Bertz CT molecular complexity index is 373. The molecule has 0 spiro atoms. The molecule has 0 aromatic rings. The SMILES string of the molecule is CCCC1(C)CCCN(C(=NCC2(CO)COC2)NCC)C1. The predicted octanol–water partition coefficient (Wildman–Crippen LogP) is 1.86. The van der Waals surface area contributed by atoms with E-state index in [1.165, 1.54) is 25.7 Å². The second kappa shape index (κ2) is 7.64. The van der Waals surface area contributed by atoms with Gasteiger partial charge in [-0.1, -0.05) is 20.3 Å². The van der Waals surface area contributed by atoms with Crippen LogP contribution in [0.1, 0.15) is 46.5 Å². The third kappa shape index (κ3) is 4.13. The molecule has 2 heterocycles. The van der Waals surface area contributed by atoms with Crippen LogP contribution in [0.15, 0.2) is 4.99 Å². The molecule has 2 saturated heterocycles. The van der Waals surface area contributed by atoms with Crippen LogP contribution in [-0.4, -0.2) is 62.0 Å². The van der Waals surface area contributed by atoms with Crippen molar-refractivity contribution in [3.05, 3.63) is 0 Å². The number of nitrogens with zero attached hydrogens (tertiary/aromatic N) is 2. The van der Waals surface area contributed by atoms with E-state index in [1.807, 2.05) is 0 Å². The number of ether oxygens (including phenoxy) is 1. The van der Waals surface area contributed by atoms with Crippen LogP contribution in [0.2, 0.25) is 0 Å². The van der Waals surface area contributed by atoms with E-state index in [9.17, 15) is 5.11 Å². The summed E-state index contributed by atoms with van der Waals surface area (Å²) in [5, 5.41) is 13.0. The number of hydrogen-bond acceptors (Lipinski definition) is 3. The molecule has 0 aliphatic carbocycles. The lowest BCUT2D eigenvalue weighted by atomic mass is 9.78. The van der Waals surface area contributed by atoms with Gasteiger partial charge in [0.1, 0.15) is 0 Å². The van der Waals surface area contributed by atoms with Gasteiger partial charge in [0.15, 0.2) is 5.96 Å². The van der Waals surface area contributed by atoms with Crippen LogP contribution < -0.4 is 5.32 Å². The number of aliphatic hydroxyl groups excluding tert-OH is 1. The largest absolute Gasteiger partial charge is 0.396 e. The fraction of sp³-hybridized carbons (Fsp3) is 0.941. The normalized spacial score (nSPS) is 28.4. The van der Waals surface area contributed by atoms with Gasteiger partial charge in [-0.3, -0.25) is 4.99 Å². The van der Waals surface area contributed by atoms with Crippen LogP contribution in [0.3, 0.4) is 0 Å². The van der Waals surface area contributed by atoms with E-state index in [0.29, 0.717) is 25.2 Å². The highest BCUT2D eigenvalue weighted by molar-refractivity contribution is 5.80. The number of aliphatic hydroxyl groups is 1. The van der Waals surface area contributed by atoms with Gasteiger partial charge in [0, 0.05) is 19.6 Å². The van der Waals surface area contributed by atoms with Crippen molar-refractivity contribution in [2.75, 3.05) is 46.0 Å². The van der Waals surface area contributed by atoms with E-state index in [0.717, 1.165) is 25.6 Å². The molecular weight excluding hydrogens is 278 g/mol. The highest BCUT2D eigenvalue weighted by atomic mass is 16.5. The molecule has 0 radical (unpaired) electrons. The molecule has 2 rings (SSSR count). The first kappa shape index (κ1) is 17.5. The van der Waals surface area contributed by atoms with Crippen molar-refractivity contribution in [1.82, 2.24) is 10.2 Å². The molecule has 5 nitrogen and oxygen atoms in total. The quantitative estimate of drug-likeness (QED) is 0.581.